The highest BCUT2D eigenvalue weighted by atomic mass is 15.1. The van der Waals surface area contributed by atoms with Gasteiger partial charge in [0.05, 0.1) is 0 Å². The SMILES string of the molecule is c1ccc(N2c3ccc(cc3)CN[C@@H]3CCCC[C@H]3NCc3ccc(cc3)N(c3ccccc3)c3ccc(cc3)CN[C@@H]3CCCC[C@H]3NCc3ccc2cc3)cc1. The van der Waals surface area contributed by atoms with E-state index in [1.807, 2.05) is 0 Å². The van der Waals surface area contributed by atoms with Crippen molar-refractivity contribution in [3.8, 4) is 0 Å². The van der Waals surface area contributed by atoms with Gasteiger partial charge in [0.2, 0.25) is 0 Å². The Kier molecular flexibility index (Phi) is 12.3. The third-order valence-electron chi connectivity index (χ3n) is 12.6. The lowest BCUT2D eigenvalue weighted by Gasteiger charge is -2.33. The van der Waals surface area contributed by atoms with Crippen LogP contribution >= 0.6 is 0 Å². The summed E-state index contributed by atoms with van der Waals surface area (Å²) < 4.78 is 0. The van der Waals surface area contributed by atoms with Gasteiger partial charge in [0.1, 0.15) is 0 Å². The van der Waals surface area contributed by atoms with Gasteiger partial charge in [-0.2, -0.15) is 0 Å². The topological polar surface area (TPSA) is 54.6 Å². The normalized spacial score (nSPS) is 22.0. The van der Waals surface area contributed by atoms with Gasteiger partial charge in [-0.25, -0.2) is 0 Å². The Morgan fingerprint density at radius 1 is 0.276 bits per heavy atom. The molecule has 7 aliphatic heterocycles. The fourth-order valence-corrected chi connectivity index (χ4v) is 9.33. The van der Waals surface area contributed by atoms with Crippen molar-refractivity contribution in [2.45, 2.75) is 102 Å². The highest BCUT2D eigenvalue weighted by Gasteiger charge is 2.26. The second-order valence-corrected chi connectivity index (χ2v) is 16.5. The average molecular weight is 767 g/mol. The molecule has 2 fully saturated rings. The van der Waals surface area contributed by atoms with Gasteiger partial charge >= 0.3 is 0 Å². The van der Waals surface area contributed by atoms with Crippen LogP contribution in [0.2, 0.25) is 0 Å². The summed E-state index contributed by atoms with van der Waals surface area (Å²) >= 11 is 0. The Hall–Kier alpha value is -5.24. The van der Waals surface area contributed by atoms with Gasteiger partial charge in [-0.3, -0.25) is 0 Å². The lowest BCUT2D eigenvalue weighted by Crippen LogP contribution is -2.49. The van der Waals surface area contributed by atoms with Crippen molar-refractivity contribution in [2.75, 3.05) is 9.80 Å². The van der Waals surface area contributed by atoms with E-state index in [0.717, 1.165) is 37.6 Å². The molecule has 0 saturated heterocycles. The summed E-state index contributed by atoms with van der Waals surface area (Å²) in [4.78, 5) is 4.74. The van der Waals surface area contributed by atoms with E-state index in [1.165, 1.54) is 96.4 Å². The third kappa shape index (κ3) is 9.22. The zero-order chi connectivity index (χ0) is 38.9. The van der Waals surface area contributed by atoms with Crippen LogP contribution in [0.3, 0.4) is 0 Å². The van der Waals surface area contributed by atoms with Crippen LogP contribution in [-0.2, 0) is 26.2 Å². The number of hydrogen-bond acceptors (Lipinski definition) is 6. The van der Waals surface area contributed by atoms with E-state index in [1.54, 1.807) is 0 Å². The Morgan fingerprint density at radius 2 is 0.500 bits per heavy atom. The average Bonchev–Trinajstić information content (AvgIpc) is 3.29. The first kappa shape index (κ1) is 38.3. The number of anilines is 6. The molecule has 58 heavy (non-hydrogen) atoms. The summed E-state index contributed by atoms with van der Waals surface area (Å²) in [6.07, 6.45) is 9.90. The van der Waals surface area contributed by atoms with E-state index in [-0.39, 0.29) is 0 Å². The van der Waals surface area contributed by atoms with Crippen molar-refractivity contribution in [2.24, 2.45) is 0 Å². The molecule has 7 heterocycles. The summed E-state index contributed by atoms with van der Waals surface area (Å²) in [5, 5.41) is 15.8. The lowest BCUT2D eigenvalue weighted by molar-refractivity contribution is 0.281. The van der Waals surface area contributed by atoms with E-state index in [4.69, 9.17) is 0 Å². The molecule has 6 heteroatoms. The first-order valence-electron chi connectivity index (χ1n) is 21.7. The van der Waals surface area contributed by atoms with Gasteiger partial charge in [0.25, 0.3) is 0 Å². The minimum absolute atomic E-state index is 0.442. The number of benzene rings is 6. The van der Waals surface area contributed by atoms with Crippen molar-refractivity contribution in [1.29, 1.82) is 0 Å². The fourth-order valence-electron chi connectivity index (χ4n) is 9.33. The third-order valence-corrected chi connectivity index (χ3v) is 12.6. The Labute approximate surface area is 345 Å². The molecule has 0 spiro atoms. The van der Waals surface area contributed by atoms with Gasteiger partial charge in [0.15, 0.2) is 0 Å². The molecular weight excluding hydrogens is 709 g/mol. The van der Waals surface area contributed by atoms with Gasteiger partial charge in [-0.05, 0) is 121 Å². The molecule has 6 nitrogen and oxygen atoms in total. The van der Waals surface area contributed by atoms with Crippen LogP contribution in [0.4, 0.5) is 34.1 Å². The van der Waals surface area contributed by atoms with Crippen molar-refractivity contribution in [3.63, 3.8) is 0 Å². The Balaban J connectivity index is 0.995. The van der Waals surface area contributed by atoms with Crippen LogP contribution in [0, 0.1) is 0 Å². The maximum atomic E-state index is 3.96. The second-order valence-electron chi connectivity index (χ2n) is 16.5. The van der Waals surface area contributed by atoms with Crippen LogP contribution < -0.4 is 31.1 Å². The summed E-state index contributed by atoms with van der Waals surface area (Å²) in [5.74, 6) is 0. The Bertz CT molecular complexity index is 1880. The van der Waals surface area contributed by atoms with Gasteiger partial charge < -0.3 is 31.1 Å². The van der Waals surface area contributed by atoms with Crippen LogP contribution in [0.1, 0.15) is 73.6 Å². The molecule has 0 amide bonds. The van der Waals surface area contributed by atoms with Crippen molar-refractivity contribution in [3.05, 3.63) is 180 Å². The molecule has 4 atom stereocenters. The first-order chi connectivity index (χ1) is 28.7. The number of rotatable bonds is 2. The predicted octanol–water partition coefficient (Wildman–Crippen LogP) is 11.3. The highest BCUT2D eigenvalue weighted by Crippen LogP contribution is 2.36. The molecule has 2 saturated carbocycles. The van der Waals surface area contributed by atoms with Gasteiger partial charge in [-0.15, -0.1) is 0 Å². The second kappa shape index (κ2) is 18.6. The van der Waals surface area contributed by atoms with Crippen LogP contribution in [0.15, 0.2) is 158 Å². The molecule has 9 aliphatic rings. The van der Waals surface area contributed by atoms with E-state index in [9.17, 15) is 0 Å². The quantitative estimate of drug-likeness (QED) is 0.141. The summed E-state index contributed by atoms with van der Waals surface area (Å²) in [5.41, 5.74) is 12.2. The first-order valence-corrected chi connectivity index (χ1v) is 21.7. The minimum atomic E-state index is 0.442. The summed E-state index contributed by atoms with van der Waals surface area (Å²) in [7, 11) is 0. The molecule has 2 aliphatic carbocycles. The van der Waals surface area contributed by atoms with Gasteiger partial charge in [-0.1, -0.05) is 111 Å². The molecule has 296 valence electrons. The maximum absolute atomic E-state index is 3.96. The summed E-state index contributed by atoms with van der Waals surface area (Å²) in [6.45, 7) is 3.44. The fraction of sp³-hybridized carbons (Fsp3) is 0.308. The van der Waals surface area contributed by atoms with Gasteiger partial charge in [0, 0.05) is 84.5 Å². The van der Waals surface area contributed by atoms with Crippen LogP contribution in [0.25, 0.3) is 0 Å². The number of nitrogens with zero attached hydrogens (tertiary/aromatic N) is 2. The molecule has 15 rings (SSSR count). The van der Waals surface area contributed by atoms with Crippen molar-refractivity contribution >= 4 is 34.1 Å². The standard InChI is InChI=1S/C52H58N6/c1-3-11-43(12-4-1)57-45-27-19-39(20-28-45)35-53-49-15-7-9-17-51(49)55-37-41-23-31-47(32-24-41)58(44-13-5-2-6-14-44)48-33-25-42(26-34-48)38-56-52-18-10-8-16-50(52)54-36-40-21-29-46(57)30-22-40/h1-6,11-14,19-34,49-56H,7-10,15-18,35-38H2/t49-,50-,51-,52-/m1/s1. The molecule has 6 aromatic carbocycles. The van der Waals surface area contributed by atoms with Crippen LogP contribution in [0.5, 0.6) is 0 Å². The highest BCUT2D eigenvalue weighted by molar-refractivity contribution is 5.77. The van der Waals surface area contributed by atoms with E-state index < -0.39 is 0 Å². The number of hydrogen-bond donors (Lipinski definition) is 4. The Morgan fingerprint density at radius 3 is 0.741 bits per heavy atom. The maximum Gasteiger partial charge on any atom is 0.0461 e. The zero-order valence-corrected chi connectivity index (χ0v) is 33.7. The molecule has 0 radical (unpaired) electrons. The monoisotopic (exact) mass is 766 g/mol. The smallest absolute Gasteiger partial charge is 0.0461 e. The molecule has 0 unspecified atom stereocenters. The molecule has 8 bridgehead atoms. The van der Waals surface area contributed by atoms with E-state index in [0.29, 0.717) is 24.2 Å². The van der Waals surface area contributed by atoms with E-state index in [2.05, 4.69) is 189 Å². The number of para-hydroxylation sites is 2. The molecule has 4 N–H and O–H groups in total. The minimum Gasteiger partial charge on any atom is -0.311 e. The largest absolute Gasteiger partial charge is 0.311 e. The van der Waals surface area contributed by atoms with Crippen molar-refractivity contribution in [1.82, 2.24) is 21.3 Å². The number of nitrogens with one attached hydrogen (secondary N) is 4. The summed E-state index contributed by atoms with van der Waals surface area (Å²) in [6, 6.07) is 59.9. The molecular formula is C52H58N6. The lowest BCUT2D eigenvalue weighted by atomic mass is 9.90. The zero-order valence-electron chi connectivity index (χ0n) is 33.7. The van der Waals surface area contributed by atoms with Crippen LogP contribution in [-0.4, -0.2) is 24.2 Å². The van der Waals surface area contributed by atoms with Crippen molar-refractivity contribution < 1.29 is 0 Å². The molecule has 6 aromatic rings. The van der Waals surface area contributed by atoms with E-state index >= 15 is 0 Å². The predicted molar refractivity (Wildman–Crippen MR) is 242 cm³/mol. The molecule has 0 aromatic heterocycles.